The highest BCUT2D eigenvalue weighted by Crippen LogP contribution is 2.48. The van der Waals surface area contributed by atoms with E-state index in [2.05, 4.69) is 34.3 Å². The van der Waals surface area contributed by atoms with E-state index in [4.69, 9.17) is 4.98 Å². The van der Waals surface area contributed by atoms with Crippen LogP contribution in [0.15, 0.2) is 67.1 Å². The molecule has 2 fully saturated rings. The van der Waals surface area contributed by atoms with Gasteiger partial charge in [-0.25, -0.2) is 0 Å². The lowest BCUT2D eigenvalue weighted by Crippen LogP contribution is -2.19. The van der Waals surface area contributed by atoms with E-state index >= 15 is 0 Å². The van der Waals surface area contributed by atoms with Crippen molar-refractivity contribution in [2.75, 3.05) is 0 Å². The number of aromatic nitrogens is 4. The zero-order valence-electron chi connectivity index (χ0n) is 19.1. The van der Waals surface area contributed by atoms with Gasteiger partial charge in [-0.05, 0) is 47.9 Å². The third kappa shape index (κ3) is 3.69. The van der Waals surface area contributed by atoms with Crippen molar-refractivity contribution in [3.05, 3.63) is 89.8 Å². The van der Waals surface area contributed by atoms with E-state index in [0.717, 1.165) is 57.7 Å². The zero-order valence-corrected chi connectivity index (χ0v) is 19.1. The van der Waals surface area contributed by atoms with Crippen molar-refractivity contribution in [2.45, 2.75) is 43.4 Å². The minimum Gasteiger partial charge on any atom is -0.481 e. The monoisotopic (exact) mass is 450 g/mol. The lowest BCUT2D eigenvalue weighted by atomic mass is 9.93. The Balaban J connectivity index is 1.24. The van der Waals surface area contributed by atoms with Gasteiger partial charge >= 0.3 is 5.97 Å². The standard InChI is InChI=1S/C28H26N4O2/c1-32-26(14-23-15-29-17-25(31-23)21-6-7-21)24(16-30-32)20-4-2-18(3-5-20)19-8-10-22(11-9-19)28(12-13-28)27(33)34/h2-5,8-11,15-17,21H,6-7,12-14H2,1H3,(H,33,34). The highest BCUT2D eigenvalue weighted by Gasteiger charge is 2.51. The molecule has 2 aromatic heterocycles. The Morgan fingerprint density at radius 3 is 2.24 bits per heavy atom. The molecule has 170 valence electrons. The van der Waals surface area contributed by atoms with Gasteiger partial charge in [-0.1, -0.05) is 48.5 Å². The fraction of sp³-hybridized carbons (Fsp3) is 0.286. The van der Waals surface area contributed by atoms with E-state index in [1.54, 1.807) is 0 Å². The number of carboxylic acid groups (broad SMARTS) is 1. The van der Waals surface area contributed by atoms with Gasteiger partial charge < -0.3 is 5.11 Å². The van der Waals surface area contributed by atoms with Crippen molar-refractivity contribution in [1.82, 2.24) is 19.7 Å². The SMILES string of the molecule is Cn1ncc(-c2ccc(-c3ccc(C4(C(=O)O)CC4)cc3)cc2)c1Cc1cncc(C2CC2)n1. The predicted octanol–water partition coefficient (Wildman–Crippen LogP) is 5.13. The van der Waals surface area contributed by atoms with Gasteiger partial charge in [-0.2, -0.15) is 5.10 Å². The number of carboxylic acids is 1. The second kappa shape index (κ2) is 7.90. The van der Waals surface area contributed by atoms with Crippen molar-refractivity contribution in [3.8, 4) is 22.3 Å². The Morgan fingerprint density at radius 1 is 0.971 bits per heavy atom. The van der Waals surface area contributed by atoms with Crippen LogP contribution in [0.4, 0.5) is 0 Å². The molecule has 2 aliphatic rings. The van der Waals surface area contributed by atoms with Crippen LogP contribution in [0.5, 0.6) is 0 Å². The van der Waals surface area contributed by atoms with E-state index in [9.17, 15) is 9.90 Å². The van der Waals surface area contributed by atoms with E-state index in [0.29, 0.717) is 12.3 Å². The van der Waals surface area contributed by atoms with Gasteiger partial charge in [0.25, 0.3) is 0 Å². The number of nitrogens with zero attached hydrogens (tertiary/aromatic N) is 4. The Kier molecular flexibility index (Phi) is 4.83. The lowest BCUT2D eigenvalue weighted by molar-refractivity contribution is -0.140. The molecular formula is C28H26N4O2. The Hall–Kier alpha value is -3.80. The number of hydrogen-bond acceptors (Lipinski definition) is 4. The Morgan fingerprint density at radius 2 is 1.62 bits per heavy atom. The first-order valence-electron chi connectivity index (χ1n) is 11.8. The van der Waals surface area contributed by atoms with Gasteiger partial charge in [0.1, 0.15) is 0 Å². The molecule has 0 bridgehead atoms. The molecule has 34 heavy (non-hydrogen) atoms. The molecule has 0 spiro atoms. The highest BCUT2D eigenvalue weighted by atomic mass is 16.4. The van der Waals surface area contributed by atoms with E-state index in [1.807, 2.05) is 54.6 Å². The first-order valence-corrected chi connectivity index (χ1v) is 11.8. The predicted molar refractivity (Wildman–Crippen MR) is 129 cm³/mol. The van der Waals surface area contributed by atoms with Crippen LogP contribution in [0.3, 0.4) is 0 Å². The van der Waals surface area contributed by atoms with Crippen LogP contribution in [0.25, 0.3) is 22.3 Å². The van der Waals surface area contributed by atoms with E-state index in [1.165, 1.54) is 12.8 Å². The van der Waals surface area contributed by atoms with Crippen LogP contribution in [0, 0.1) is 0 Å². The molecule has 6 rings (SSSR count). The van der Waals surface area contributed by atoms with Gasteiger partial charge in [0.15, 0.2) is 0 Å². The molecule has 6 heteroatoms. The van der Waals surface area contributed by atoms with Crippen molar-refractivity contribution in [1.29, 1.82) is 0 Å². The van der Waals surface area contributed by atoms with Crippen LogP contribution < -0.4 is 0 Å². The molecule has 2 heterocycles. The summed E-state index contributed by atoms with van der Waals surface area (Å²) < 4.78 is 1.92. The summed E-state index contributed by atoms with van der Waals surface area (Å²) >= 11 is 0. The maximum atomic E-state index is 11.6. The van der Waals surface area contributed by atoms with Crippen molar-refractivity contribution in [3.63, 3.8) is 0 Å². The summed E-state index contributed by atoms with van der Waals surface area (Å²) in [6.07, 6.45) is 10.2. The maximum Gasteiger partial charge on any atom is 0.314 e. The molecule has 4 aromatic rings. The molecule has 0 unspecified atom stereocenters. The fourth-order valence-electron chi connectivity index (χ4n) is 4.74. The fourth-order valence-corrected chi connectivity index (χ4v) is 4.74. The van der Waals surface area contributed by atoms with Gasteiger partial charge in [0.05, 0.1) is 28.7 Å². The van der Waals surface area contributed by atoms with Crippen LogP contribution in [-0.2, 0) is 23.7 Å². The number of rotatable bonds is 7. The normalized spacial score (nSPS) is 16.4. The van der Waals surface area contributed by atoms with Gasteiger partial charge in [0, 0.05) is 37.3 Å². The summed E-state index contributed by atoms with van der Waals surface area (Å²) in [7, 11) is 1.97. The molecule has 0 radical (unpaired) electrons. The summed E-state index contributed by atoms with van der Waals surface area (Å²) in [5.74, 6) is -0.138. The largest absolute Gasteiger partial charge is 0.481 e. The number of aliphatic carboxylic acids is 1. The summed E-state index contributed by atoms with van der Waals surface area (Å²) in [6, 6.07) is 16.4. The number of carbonyl (C=O) groups is 1. The van der Waals surface area contributed by atoms with Crippen LogP contribution in [-0.4, -0.2) is 30.8 Å². The third-order valence-corrected chi connectivity index (χ3v) is 7.23. The average Bonchev–Trinajstić information content (AvgIpc) is 3.78. The summed E-state index contributed by atoms with van der Waals surface area (Å²) in [5, 5.41) is 14.0. The molecule has 0 saturated heterocycles. The maximum absolute atomic E-state index is 11.6. The first kappa shape index (κ1) is 20.8. The van der Waals surface area contributed by atoms with Crippen molar-refractivity contribution < 1.29 is 9.90 Å². The summed E-state index contributed by atoms with van der Waals surface area (Å²) in [6.45, 7) is 0. The minimum absolute atomic E-state index is 0.582. The lowest BCUT2D eigenvalue weighted by Gasteiger charge is -2.11. The first-order chi connectivity index (χ1) is 16.5. The summed E-state index contributed by atoms with van der Waals surface area (Å²) in [4.78, 5) is 20.8. The number of benzene rings is 2. The quantitative estimate of drug-likeness (QED) is 0.422. The minimum atomic E-state index is -0.720. The van der Waals surface area contributed by atoms with Crippen LogP contribution in [0.2, 0.25) is 0 Å². The van der Waals surface area contributed by atoms with Crippen molar-refractivity contribution in [2.24, 2.45) is 7.05 Å². The molecule has 2 saturated carbocycles. The Labute approximate surface area is 198 Å². The number of aryl methyl sites for hydroxylation is 1. The zero-order chi connectivity index (χ0) is 23.3. The number of hydrogen-bond donors (Lipinski definition) is 1. The molecule has 0 atom stereocenters. The molecule has 2 aromatic carbocycles. The molecule has 1 N–H and O–H groups in total. The summed E-state index contributed by atoms with van der Waals surface area (Å²) in [5.41, 5.74) is 7.81. The highest BCUT2D eigenvalue weighted by molar-refractivity contribution is 5.85. The average molecular weight is 451 g/mol. The topological polar surface area (TPSA) is 80.9 Å². The second-order valence-electron chi connectivity index (χ2n) is 9.56. The molecule has 0 aliphatic heterocycles. The Bertz CT molecular complexity index is 1360. The van der Waals surface area contributed by atoms with E-state index < -0.39 is 11.4 Å². The van der Waals surface area contributed by atoms with Crippen LogP contribution >= 0.6 is 0 Å². The smallest absolute Gasteiger partial charge is 0.314 e. The van der Waals surface area contributed by atoms with Gasteiger partial charge in [-0.15, -0.1) is 0 Å². The van der Waals surface area contributed by atoms with E-state index in [-0.39, 0.29) is 0 Å². The second-order valence-corrected chi connectivity index (χ2v) is 9.56. The molecule has 0 amide bonds. The van der Waals surface area contributed by atoms with Crippen LogP contribution in [0.1, 0.15) is 54.2 Å². The van der Waals surface area contributed by atoms with Gasteiger partial charge in [0.2, 0.25) is 0 Å². The molecule has 2 aliphatic carbocycles. The third-order valence-electron chi connectivity index (χ3n) is 7.23. The molecular weight excluding hydrogens is 424 g/mol. The molecule has 6 nitrogen and oxygen atoms in total. The van der Waals surface area contributed by atoms with Crippen molar-refractivity contribution >= 4 is 5.97 Å². The van der Waals surface area contributed by atoms with Gasteiger partial charge in [-0.3, -0.25) is 19.4 Å².